The van der Waals surface area contributed by atoms with Crippen molar-refractivity contribution >= 4 is 23.4 Å². The molecule has 0 aliphatic rings. The van der Waals surface area contributed by atoms with Crippen molar-refractivity contribution in [3.05, 3.63) is 59.4 Å². The van der Waals surface area contributed by atoms with Gasteiger partial charge in [-0.3, -0.25) is 4.98 Å². The van der Waals surface area contributed by atoms with Crippen LogP contribution in [0.2, 0.25) is 5.02 Å². The monoisotopic (exact) mass is 320 g/mol. The first-order valence-electron chi connectivity index (χ1n) is 7.28. The van der Waals surface area contributed by atoms with Gasteiger partial charge in [-0.1, -0.05) is 24.6 Å². The molecular weight excluding hydrogens is 300 g/mol. The standard InChI is InChI=1S/C17H21ClN2S/c1-2-8-20-16(11-14-6-9-19-10-7-14)13-21-17-5-3-4-15(18)12-17/h3-7,9-10,12,16,20H,2,8,11,13H2,1H3. The fraction of sp³-hybridized carbons (Fsp3) is 0.353. The van der Waals surface area contributed by atoms with Crippen LogP contribution in [0.4, 0.5) is 0 Å². The molecule has 0 amide bonds. The first-order chi connectivity index (χ1) is 10.3. The van der Waals surface area contributed by atoms with Gasteiger partial charge in [0, 0.05) is 34.1 Å². The van der Waals surface area contributed by atoms with Crippen LogP contribution >= 0.6 is 23.4 Å². The number of nitrogens with one attached hydrogen (secondary N) is 1. The van der Waals surface area contributed by atoms with E-state index < -0.39 is 0 Å². The van der Waals surface area contributed by atoms with E-state index in [1.807, 2.05) is 42.4 Å². The van der Waals surface area contributed by atoms with Crippen molar-refractivity contribution in [3.63, 3.8) is 0 Å². The molecule has 0 saturated carbocycles. The lowest BCUT2D eigenvalue weighted by Crippen LogP contribution is -2.34. The number of nitrogens with zero attached hydrogens (tertiary/aromatic N) is 1. The summed E-state index contributed by atoms with van der Waals surface area (Å²) in [7, 11) is 0. The first-order valence-corrected chi connectivity index (χ1v) is 8.65. The lowest BCUT2D eigenvalue weighted by atomic mass is 10.1. The third kappa shape index (κ3) is 6.08. The molecule has 0 spiro atoms. The molecule has 2 rings (SSSR count). The normalized spacial score (nSPS) is 12.3. The first kappa shape index (κ1) is 16.3. The van der Waals surface area contributed by atoms with E-state index in [-0.39, 0.29) is 0 Å². The van der Waals surface area contributed by atoms with E-state index in [4.69, 9.17) is 11.6 Å². The summed E-state index contributed by atoms with van der Waals surface area (Å²) < 4.78 is 0. The smallest absolute Gasteiger partial charge is 0.0417 e. The van der Waals surface area contributed by atoms with Crippen LogP contribution in [0.3, 0.4) is 0 Å². The van der Waals surface area contributed by atoms with Crippen LogP contribution < -0.4 is 5.32 Å². The predicted molar refractivity (Wildman–Crippen MR) is 92.2 cm³/mol. The number of hydrogen-bond donors (Lipinski definition) is 1. The molecule has 0 aliphatic carbocycles. The fourth-order valence-electron chi connectivity index (χ4n) is 2.10. The van der Waals surface area contributed by atoms with Crippen LogP contribution in [0.25, 0.3) is 0 Å². The zero-order valence-corrected chi connectivity index (χ0v) is 13.8. The Labute approximate surface area is 136 Å². The van der Waals surface area contributed by atoms with Crippen molar-refractivity contribution < 1.29 is 0 Å². The molecule has 1 heterocycles. The van der Waals surface area contributed by atoms with Gasteiger partial charge < -0.3 is 5.32 Å². The minimum absolute atomic E-state index is 0.455. The highest BCUT2D eigenvalue weighted by molar-refractivity contribution is 7.99. The highest BCUT2D eigenvalue weighted by Gasteiger charge is 2.09. The van der Waals surface area contributed by atoms with Gasteiger partial charge in [-0.2, -0.15) is 0 Å². The number of pyridine rings is 1. The van der Waals surface area contributed by atoms with Crippen LogP contribution in [0.15, 0.2) is 53.7 Å². The van der Waals surface area contributed by atoms with Gasteiger partial charge in [-0.25, -0.2) is 0 Å². The summed E-state index contributed by atoms with van der Waals surface area (Å²) in [6.07, 6.45) is 5.89. The van der Waals surface area contributed by atoms with Gasteiger partial charge in [-0.15, -0.1) is 11.8 Å². The summed E-state index contributed by atoms with van der Waals surface area (Å²) in [5, 5.41) is 4.43. The highest BCUT2D eigenvalue weighted by atomic mass is 35.5. The third-order valence-corrected chi connectivity index (χ3v) is 4.55. The van der Waals surface area contributed by atoms with Gasteiger partial charge in [0.25, 0.3) is 0 Å². The number of hydrogen-bond acceptors (Lipinski definition) is 3. The molecule has 4 heteroatoms. The van der Waals surface area contributed by atoms with E-state index in [9.17, 15) is 0 Å². The van der Waals surface area contributed by atoms with E-state index in [1.165, 1.54) is 10.5 Å². The zero-order chi connectivity index (χ0) is 14.9. The average Bonchev–Trinajstić information content (AvgIpc) is 2.51. The van der Waals surface area contributed by atoms with Gasteiger partial charge in [0.05, 0.1) is 0 Å². The molecule has 21 heavy (non-hydrogen) atoms. The summed E-state index contributed by atoms with van der Waals surface area (Å²) >= 11 is 7.89. The van der Waals surface area contributed by atoms with E-state index in [0.717, 1.165) is 30.2 Å². The van der Waals surface area contributed by atoms with Crippen molar-refractivity contribution in [2.75, 3.05) is 12.3 Å². The lowest BCUT2D eigenvalue weighted by Gasteiger charge is -2.18. The molecule has 0 saturated heterocycles. The zero-order valence-electron chi connectivity index (χ0n) is 12.3. The summed E-state index contributed by atoms with van der Waals surface area (Å²) in [6.45, 7) is 3.24. The molecule has 1 unspecified atom stereocenters. The Bertz CT molecular complexity index is 533. The Morgan fingerprint density at radius 3 is 2.76 bits per heavy atom. The van der Waals surface area contributed by atoms with E-state index in [1.54, 1.807) is 0 Å². The van der Waals surface area contributed by atoms with Gasteiger partial charge >= 0.3 is 0 Å². The fourth-order valence-corrected chi connectivity index (χ4v) is 3.36. The van der Waals surface area contributed by atoms with Crippen molar-refractivity contribution in [1.82, 2.24) is 10.3 Å². The molecule has 112 valence electrons. The van der Waals surface area contributed by atoms with Crippen LogP contribution in [0.1, 0.15) is 18.9 Å². The molecule has 1 aromatic heterocycles. The molecule has 0 radical (unpaired) electrons. The molecule has 1 N–H and O–H groups in total. The second kappa shape index (κ2) is 9.08. The number of benzene rings is 1. The second-order valence-electron chi connectivity index (χ2n) is 4.98. The van der Waals surface area contributed by atoms with Gasteiger partial charge in [0.2, 0.25) is 0 Å². The van der Waals surface area contributed by atoms with E-state index in [0.29, 0.717) is 6.04 Å². The van der Waals surface area contributed by atoms with Crippen molar-refractivity contribution in [2.24, 2.45) is 0 Å². The van der Waals surface area contributed by atoms with Gasteiger partial charge in [0.15, 0.2) is 0 Å². The van der Waals surface area contributed by atoms with Crippen molar-refractivity contribution in [3.8, 4) is 0 Å². The molecule has 1 aromatic carbocycles. The molecule has 2 aromatic rings. The maximum Gasteiger partial charge on any atom is 0.0417 e. The molecule has 0 aliphatic heterocycles. The van der Waals surface area contributed by atoms with Crippen molar-refractivity contribution in [2.45, 2.75) is 30.7 Å². The largest absolute Gasteiger partial charge is 0.313 e. The van der Waals surface area contributed by atoms with Gasteiger partial charge in [0.1, 0.15) is 0 Å². The maximum absolute atomic E-state index is 6.04. The van der Waals surface area contributed by atoms with Crippen molar-refractivity contribution in [1.29, 1.82) is 0 Å². The summed E-state index contributed by atoms with van der Waals surface area (Å²) in [4.78, 5) is 5.30. The van der Waals surface area contributed by atoms with Crippen LogP contribution in [-0.4, -0.2) is 23.3 Å². The summed E-state index contributed by atoms with van der Waals surface area (Å²) in [6, 6.07) is 12.7. The Balaban J connectivity index is 1.92. The lowest BCUT2D eigenvalue weighted by molar-refractivity contribution is 0.550. The average molecular weight is 321 g/mol. The number of thioether (sulfide) groups is 1. The second-order valence-corrected chi connectivity index (χ2v) is 6.51. The Hall–Kier alpha value is -1.03. The van der Waals surface area contributed by atoms with E-state index in [2.05, 4.69) is 35.4 Å². The summed E-state index contributed by atoms with van der Waals surface area (Å²) in [5.74, 6) is 1.03. The molecule has 2 nitrogen and oxygen atoms in total. The van der Waals surface area contributed by atoms with Gasteiger partial charge in [-0.05, 0) is 55.3 Å². The molecule has 0 bridgehead atoms. The summed E-state index contributed by atoms with van der Waals surface area (Å²) in [5.41, 5.74) is 1.32. The maximum atomic E-state index is 6.04. The van der Waals surface area contributed by atoms with E-state index >= 15 is 0 Å². The Morgan fingerprint density at radius 1 is 1.24 bits per heavy atom. The minimum Gasteiger partial charge on any atom is -0.313 e. The molecule has 1 atom stereocenters. The van der Waals surface area contributed by atoms with Crippen LogP contribution in [0.5, 0.6) is 0 Å². The predicted octanol–water partition coefficient (Wildman–Crippen LogP) is 4.44. The molecular formula is C17H21ClN2S. The minimum atomic E-state index is 0.455. The Morgan fingerprint density at radius 2 is 2.05 bits per heavy atom. The number of halogens is 1. The SMILES string of the molecule is CCCNC(CSc1cccc(Cl)c1)Cc1ccncc1. The highest BCUT2D eigenvalue weighted by Crippen LogP contribution is 2.23. The topological polar surface area (TPSA) is 24.9 Å². The quantitative estimate of drug-likeness (QED) is 0.728. The Kier molecular flexibility index (Phi) is 7.07. The number of rotatable bonds is 8. The van der Waals surface area contributed by atoms with Crippen LogP contribution in [0, 0.1) is 0 Å². The number of aromatic nitrogens is 1. The molecule has 0 fully saturated rings. The van der Waals surface area contributed by atoms with Crippen LogP contribution in [-0.2, 0) is 6.42 Å². The third-order valence-electron chi connectivity index (χ3n) is 3.16.